The van der Waals surface area contributed by atoms with Crippen molar-refractivity contribution in [2.24, 2.45) is 4.99 Å². The standard InChI is InChI=1S/C22H28N8S.HI/c1-14-7-9-17(10-8-14)30-21(24)18(12-23)19(29-30)6-5-11-26-22(25-4)27-13-20-28-15(2)16(3)31-20;/h7-10H,5-6,11,13,24H2,1-4H3,(H2,25,26,27);1H. The van der Waals surface area contributed by atoms with Gasteiger partial charge in [0.25, 0.3) is 0 Å². The highest BCUT2D eigenvalue weighted by Gasteiger charge is 2.16. The second kappa shape index (κ2) is 11.8. The van der Waals surface area contributed by atoms with Crippen molar-refractivity contribution >= 4 is 47.1 Å². The van der Waals surface area contributed by atoms with Gasteiger partial charge < -0.3 is 16.4 Å². The fraction of sp³-hybridized carbons (Fsp3) is 0.364. The number of nitriles is 1. The Labute approximate surface area is 210 Å². The zero-order valence-electron chi connectivity index (χ0n) is 18.8. The van der Waals surface area contributed by atoms with Crippen molar-refractivity contribution in [3.05, 3.63) is 56.7 Å². The van der Waals surface area contributed by atoms with E-state index in [9.17, 15) is 5.26 Å². The van der Waals surface area contributed by atoms with Gasteiger partial charge in [0.05, 0.1) is 23.6 Å². The van der Waals surface area contributed by atoms with Gasteiger partial charge in [0.2, 0.25) is 0 Å². The largest absolute Gasteiger partial charge is 0.382 e. The van der Waals surface area contributed by atoms with Gasteiger partial charge in [0.15, 0.2) is 5.96 Å². The number of nitrogen functional groups attached to an aromatic ring is 1. The molecule has 2 aromatic heterocycles. The van der Waals surface area contributed by atoms with Gasteiger partial charge in [-0.25, -0.2) is 9.67 Å². The Kier molecular flexibility index (Phi) is 9.46. The van der Waals surface area contributed by atoms with Gasteiger partial charge in [-0.2, -0.15) is 10.4 Å². The Hall–Kier alpha value is -2.65. The van der Waals surface area contributed by atoms with E-state index in [1.165, 1.54) is 4.88 Å². The summed E-state index contributed by atoms with van der Waals surface area (Å²) in [5.41, 5.74) is 10.4. The minimum Gasteiger partial charge on any atom is -0.382 e. The van der Waals surface area contributed by atoms with E-state index in [0.29, 0.717) is 36.6 Å². The first-order valence-electron chi connectivity index (χ1n) is 10.1. The van der Waals surface area contributed by atoms with Gasteiger partial charge in [0.1, 0.15) is 22.5 Å². The first-order chi connectivity index (χ1) is 14.9. The highest BCUT2D eigenvalue weighted by Crippen LogP contribution is 2.21. The molecule has 0 atom stereocenters. The van der Waals surface area contributed by atoms with Crippen LogP contribution >= 0.6 is 35.3 Å². The molecule has 0 bridgehead atoms. The van der Waals surface area contributed by atoms with Gasteiger partial charge in [-0.15, -0.1) is 35.3 Å². The highest BCUT2D eigenvalue weighted by atomic mass is 127. The lowest BCUT2D eigenvalue weighted by Gasteiger charge is -2.10. The summed E-state index contributed by atoms with van der Waals surface area (Å²) in [5.74, 6) is 1.09. The summed E-state index contributed by atoms with van der Waals surface area (Å²) in [6.45, 7) is 7.45. The Balaban J connectivity index is 0.00000363. The third-order valence-electron chi connectivity index (χ3n) is 4.97. The summed E-state index contributed by atoms with van der Waals surface area (Å²) < 4.78 is 1.64. The monoisotopic (exact) mass is 564 g/mol. The van der Waals surface area contributed by atoms with Crippen LogP contribution in [-0.4, -0.2) is 34.3 Å². The molecule has 0 fully saturated rings. The second-order valence-corrected chi connectivity index (χ2v) is 8.56. The molecular formula is C22H29IN8S. The Bertz CT molecular complexity index is 1090. The van der Waals surface area contributed by atoms with Gasteiger partial charge in [-0.1, -0.05) is 17.7 Å². The Morgan fingerprint density at radius 3 is 2.53 bits per heavy atom. The van der Waals surface area contributed by atoms with Crippen molar-refractivity contribution in [2.45, 2.75) is 40.2 Å². The Morgan fingerprint density at radius 1 is 1.22 bits per heavy atom. The van der Waals surface area contributed by atoms with Crippen LogP contribution in [0.2, 0.25) is 0 Å². The van der Waals surface area contributed by atoms with Gasteiger partial charge >= 0.3 is 0 Å². The number of halogens is 1. The SMILES string of the molecule is CN=C(NCCCc1nn(-c2ccc(C)cc2)c(N)c1C#N)NCc1nc(C)c(C)s1.I. The third kappa shape index (κ3) is 6.20. The van der Waals surface area contributed by atoms with Crippen molar-refractivity contribution in [3.8, 4) is 11.8 Å². The van der Waals surface area contributed by atoms with Crippen molar-refractivity contribution in [2.75, 3.05) is 19.3 Å². The molecule has 3 rings (SSSR count). The molecule has 32 heavy (non-hydrogen) atoms. The van der Waals surface area contributed by atoms with Crippen LogP contribution in [0.5, 0.6) is 0 Å². The number of anilines is 1. The summed E-state index contributed by atoms with van der Waals surface area (Å²) in [7, 11) is 1.74. The molecule has 10 heteroatoms. The number of nitrogens with two attached hydrogens (primary N) is 1. The zero-order chi connectivity index (χ0) is 22.4. The number of nitrogens with zero attached hydrogens (tertiary/aromatic N) is 5. The Morgan fingerprint density at radius 2 is 1.94 bits per heavy atom. The summed E-state index contributed by atoms with van der Waals surface area (Å²) >= 11 is 1.69. The number of nitrogens with one attached hydrogen (secondary N) is 2. The molecule has 0 aliphatic heterocycles. The van der Waals surface area contributed by atoms with Gasteiger partial charge in [0, 0.05) is 18.5 Å². The van der Waals surface area contributed by atoms with E-state index in [0.717, 1.165) is 34.3 Å². The molecule has 0 amide bonds. The predicted molar refractivity (Wildman–Crippen MR) is 141 cm³/mol. The molecule has 2 heterocycles. The van der Waals surface area contributed by atoms with E-state index in [2.05, 4.69) is 38.7 Å². The number of rotatable bonds is 7. The van der Waals surface area contributed by atoms with Crippen LogP contribution < -0.4 is 16.4 Å². The molecule has 1 aromatic carbocycles. The molecule has 0 aliphatic rings. The normalized spacial score (nSPS) is 11.0. The fourth-order valence-corrected chi connectivity index (χ4v) is 3.99. The van der Waals surface area contributed by atoms with Crippen molar-refractivity contribution in [3.63, 3.8) is 0 Å². The molecule has 3 aromatic rings. The molecule has 8 nitrogen and oxygen atoms in total. The van der Waals surface area contributed by atoms with E-state index in [4.69, 9.17) is 5.73 Å². The van der Waals surface area contributed by atoms with Crippen LogP contribution in [-0.2, 0) is 13.0 Å². The number of benzene rings is 1. The van der Waals surface area contributed by atoms with Gasteiger partial charge in [-0.05, 0) is 45.7 Å². The fourth-order valence-electron chi connectivity index (χ4n) is 3.12. The van der Waals surface area contributed by atoms with Crippen LogP contribution in [0.25, 0.3) is 5.69 Å². The van der Waals surface area contributed by atoms with Crippen molar-refractivity contribution < 1.29 is 0 Å². The van der Waals surface area contributed by atoms with Crippen LogP contribution in [0.15, 0.2) is 29.3 Å². The number of guanidine groups is 1. The number of hydrogen-bond acceptors (Lipinski definition) is 6. The van der Waals surface area contributed by atoms with E-state index >= 15 is 0 Å². The molecule has 0 unspecified atom stereocenters. The van der Waals surface area contributed by atoms with E-state index < -0.39 is 0 Å². The molecule has 4 N–H and O–H groups in total. The van der Waals surface area contributed by atoms with Gasteiger partial charge in [-0.3, -0.25) is 4.99 Å². The van der Waals surface area contributed by atoms with Crippen molar-refractivity contribution in [1.29, 1.82) is 5.26 Å². The average Bonchev–Trinajstić information content (AvgIpc) is 3.25. The third-order valence-corrected chi connectivity index (χ3v) is 6.04. The number of aryl methyl sites for hydroxylation is 4. The van der Waals surface area contributed by atoms with E-state index in [-0.39, 0.29) is 24.0 Å². The second-order valence-electron chi connectivity index (χ2n) is 7.27. The van der Waals surface area contributed by atoms with E-state index in [1.807, 2.05) is 38.1 Å². The maximum absolute atomic E-state index is 9.55. The van der Waals surface area contributed by atoms with Crippen LogP contribution in [0, 0.1) is 32.1 Å². The van der Waals surface area contributed by atoms with Crippen LogP contribution in [0.4, 0.5) is 5.82 Å². The topological polar surface area (TPSA) is 117 Å². The molecule has 170 valence electrons. The van der Waals surface area contributed by atoms with Crippen LogP contribution in [0.1, 0.15) is 38.8 Å². The van der Waals surface area contributed by atoms with Crippen molar-refractivity contribution in [1.82, 2.24) is 25.4 Å². The number of aromatic nitrogens is 3. The summed E-state index contributed by atoms with van der Waals surface area (Å²) in [4.78, 5) is 10.0. The molecule has 0 spiro atoms. The van der Waals surface area contributed by atoms with E-state index in [1.54, 1.807) is 23.1 Å². The average molecular weight is 565 g/mol. The quantitative estimate of drug-likeness (QED) is 0.175. The smallest absolute Gasteiger partial charge is 0.191 e. The minimum atomic E-state index is 0. The molecular weight excluding hydrogens is 535 g/mol. The molecule has 0 radical (unpaired) electrons. The molecule has 0 saturated heterocycles. The number of hydrogen-bond donors (Lipinski definition) is 3. The first-order valence-corrected chi connectivity index (χ1v) is 11.0. The highest BCUT2D eigenvalue weighted by molar-refractivity contribution is 14.0. The maximum atomic E-state index is 9.55. The van der Waals surface area contributed by atoms with Crippen LogP contribution in [0.3, 0.4) is 0 Å². The lowest BCUT2D eigenvalue weighted by Crippen LogP contribution is -2.37. The summed E-state index contributed by atoms with van der Waals surface area (Å²) in [6.07, 6.45) is 1.43. The first kappa shape index (κ1) is 25.6. The summed E-state index contributed by atoms with van der Waals surface area (Å²) in [5, 5.41) is 21.8. The lowest BCUT2D eigenvalue weighted by atomic mass is 10.1. The zero-order valence-corrected chi connectivity index (χ0v) is 21.9. The minimum absolute atomic E-state index is 0. The number of aliphatic imine (C=N–C) groups is 1. The lowest BCUT2D eigenvalue weighted by molar-refractivity contribution is 0.721. The summed E-state index contributed by atoms with van der Waals surface area (Å²) in [6, 6.07) is 10.1. The predicted octanol–water partition coefficient (Wildman–Crippen LogP) is 3.62. The maximum Gasteiger partial charge on any atom is 0.191 e. The molecule has 0 saturated carbocycles. The molecule has 0 aliphatic carbocycles. The number of thiazole rings is 1.